The first-order chi connectivity index (χ1) is 17.0. The highest BCUT2D eigenvalue weighted by Crippen LogP contribution is 2.28. The third-order valence-corrected chi connectivity index (χ3v) is 8.36. The van der Waals surface area contributed by atoms with Gasteiger partial charge in [0.2, 0.25) is 5.91 Å². The Hall–Kier alpha value is -2.52. The number of hydrogen-bond acceptors (Lipinski definition) is 6. The van der Waals surface area contributed by atoms with Gasteiger partial charge in [-0.2, -0.15) is 0 Å². The summed E-state index contributed by atoms with van der Waals surface area (Å²) in [5.41, 5.74) is 6.94. The van der Waals surface area contributed by atoms with Gasteiger partial charge in [-0.05, 0) is 55.3 Å². The van der Waals surface area contributed by atoms with E-state index in [4.69, 9.17) is 5.73 Å². The predicted molar refractivity (Wildman–Crippen MR) is 144 cm³/mol. The van der Waals surface area contributed by atoms with Gasteiger partial charge in [-0.3, -0.25) is 14.5 Å². The molecule has 1 aliphatic heterocycles. The van der Waals surface area contributed by atoms with Gasteiger partial charge in [0, 0.05) is 48.5 Å². The second-order valence-electron chi connectivity index (χ2n) is 8.97. The summed E-state index contributed by atoms with van der Waals surface area (Å²) >= 11 is 3.25. The summed E-state index contributed by atoms with van der Waals surface area (Å²) in [7, 11) is 0. The highest BCUT2D eigenvalue weighted by Gasteiger charge is 2.38. The zero-order valence-corrected chi connectivity index (χ0v) is 21.8. The Morgan fingerprint density at radius 3 is 2.66 bits per heavy atom. The van der Waals surface area contributed by atoms with E-state index in [0.29, 0.717) is 30.9 Å². The first-order valence-electron chi connectivity index (χ1n) is 12.2. The van der Waals surface area contributed by atoms with Crippen molar-refractivity contribution in [2.45, 2.75) is 44.8 Å². The fourth-order valence-corrected chi connectivity index (χ4v) is 6.30. The van der Waals surface area contributed by atoms with E-state index >= 15 is 0 Å². The zero-order chi connectivity index (χ0) is 24.6. The first-order valence-corrected chi connectivity index (χ1v) is 13.9. The third kappa shape index (κ3) is 6.79. The van der Waals surface area contributed by atoms with Gasteiger partial charge >= 0.3 is 0 Å². The molecule has 186 valence electrons. The lowest BCUT2D eigenvalue weighted by Crippen LogP contribution is -2.57. The number of carbonyl (C=O) groups excluding carboxylic acids is 2. The summed E-state index contributed by atoms with van der Waals surface area (Å²) in [6.45, 7) is 5.24. The zero-order valence-electron chi connectivity index (χ0n) is 20.2. The Bertz CT molecular complexity index is 1080. The van der Waals surface area contributed by atoms with Gasteiger partial charge in [0.05, 0.1) is 4.88 Å². The van der Waals surface area contributed by atoms with Crippen molar-refractivity contribution in [3.63, 3.8) is 0 Å². The van der Waals surface area contributed by atoms with Crippen LogP contribution in [0.1, 0.15) is 37.8 Å². The second-order valence-corrected chi connectivity index (χ2v) is 11.3. The van der Waals surface area contributed by atoms with Crippen molar-refractivity contribution in [3.8, 4) is 0 Å². The molecule has 6 nitrogen and oxygen atoms in total. The molecule has 0 spiro atoms. The normalized spacial score (nSPS) is 18.1. The molecule has 0 saturated carbocycles. The predicted octanol–water partition coefficient (Wildman–Crippen LogP) is 3.91. The maximum Gasteiger partial charge on any atom is 0.264 e. The number of hydrogen-bond donors (Lipinski definition) is 2. The van der Waals surface area contributed by atoms with Crippen LogP contribution in [0.4, 0.5) is 0 Å². The molecule has 1 aromatic carbocycles. The lowest BCUT2D eigenvalue weighted by molar-refractivity contribution is -0.127. The summed E-state index contributed by atoms with van der Waals surface area (Å²) in [4.78, 5) is 34.0. The monoisotopic (exact) mass is 510 g/mol. The van der Waals surface area contributed by atoms with E-state index in [1.54, 1.807) is 4.90 Å². The standard InChI is InChI=1S/C27H34N4O2S2/c1-20-9-10-23(35-20)19-30(15-11-21-6-3-2-4-7-21)22-12-16-31(27(33)25-8-5-17-34-25)24(18-22)26(32)29-14-13-28/h2-10,17,22,24H,11-16,18-19,28H2,1H3,(H,29,32)/t22?,24-/m1/s1. The molecule has 2 aromatic heterocycles. The molecule has 4 rings (SSSR count). The van der Waals surface area contributed by atoms with Crippen molar-refractivity contribution >= 4 is 34.5 Å². The van der Waals surface area contributed by atoms with Crippen LogP contribution in [0.25, 0.3) is 0 Å². The van der Waals surface area contributed by atoms with E-state index in [0.717, 1.165) is 25.9 Å². The molecule has 0 radical (unpaired) electrons. The molecule has 0 bridgehead atoms. The number of nitrogens with one attached hydrogen (secondary N) is 1. The van der Waals surface area contributed by atoms with E-state index in [1.807, 2.05) is 34.9 Å². The van der Waals surface area contributed by atoms with E-state index in [2.05, 4.69) is 53.5 Å². The van der Waals surface area contributed by atoms with Gasteiger partial charge in [-0.15, -0.1) is 22.7 Å². The summed E-state index contributed by atoms with van der Waals surface area (Å²) in [5, 5.41) is 4.83. The van der Waals surface area contributed by atoms with E-state index in [-0.39, 0.29) is 17.9 Å². The van der Waals surface area contributed by atoms with Crippen molar-refractivity contribution in [3.05, 3.63) is 80.2 Å². The lowest BCUT2D eigenvalue weighted by Gasteiger charge is -2.42. The van der Waals surface area contributed by atoms with Crippen LogP contribution in [-0.2, 0) is 17.8 Å². The van der Waals surface area contributed by atoms with E-state index < -0.39 is 6.04 Å². The average molecular weight is 511 g/mol. The molecule has 1 saturated heterocycles. The molecule has 3 aromatic rings. The Labute approximate surface area is 215 Å². The van der Waals surface area contributed by atoms with Gasteiger partial charge in [0.1, 0.15) is 6.04 Å². The highest BCUT2D eigenvalue weighted by molar-refractivity contribution is 7.12. The Morgan fingerprint density at radius 1 is 1.14 bits per heavy atom. The number of piperidine rings is 1. The number of likely N-dealkylation sites (tertiary alicyclic amines) is 1. The SMILES string of the molecule is Cc1ccc(CN(CCc2ccccc2)C2CCN(C(=O)c3cccs3)[C@@H](C(=O)NCCN)C2)s1. The number of carbonyl (C=O) groups is 2. The molecule has 3 N–H and O–H groups in total. The maximum atomic E-state index is 13.3. The topological polar surface area (TPSA) is 78.7 Å². The van der Waals surface area contributed by atoms with Gasteiger partial charge in [-0.1, -0.05) is 36.4 Å². The molecule has 35 heavy (non-hydrogen) atoms. The van der Waals surface area contributed by atoms with Crippen molar-refractivity contribution < 1.29 is 9.59 Å². The van der Waals surface area contributed by atoms with E-state index in [9.17, 15) is 9.59 Å². The molecular weight excluding hydrogens is 476 g/mol. The molecule has 1 fully saturated rings. The van der Waals surface area contributed by atoms with Crippen LogP contribution >= 0.6 is 22.7 Å². The summed E-state index contributed by atoms with van der Waals surface area (Å²) in [6.07, 6.45) is 2.41. The fourth-order valence-electron chi connectivity index (χ4n) is 4.70. The summed E-state index contributed by atoms with van der Waals surface area (Å²) < 4.78 is 0. The number of amides is 2. The second kappa shape index (κ2) is 12.4. The minimum atomic E-state index is -0.501. The molecule has 0 aliphatic carbocycles. The maximum absolute atomic E-state index is 13.3. The van der Waals surface area contributed by atoms with Crippen molar-refractivity contribution in [1.82, 2.24) is 15.1 Å². The number of thiophene rings is 2. The van der Waals surface area contributed by atoms with E-state index in [1.165, 1.54) is 26.7 Å². The molecule has 2 amide bonds. The summed E-state index contributed by atoms with van der Waals surface area (Å²) in [5.74, 6) is -0.170. The van der Waals surface area contributed by atoms with Gasteiger partial charge < -0.3 is 16.0 Å². The quantitative estimate of drug-likeness (QED) is 0.434. The van der Waals surface area contributed by atoms with Crippen molar-refractivity contribution in [1.29, 1.82) is 0 Å². The average Bonchev–Trinajstić information content (AvgIpc) is 3.57. The minimum Gasteiger partial charge on any atom is -0.353 e. The number of aryl methyl sites for hydroxylation is 1. The van der Waals surface area contributed by atoms with Crippen LogP contribution in [0.3, 0.4) is 0 Å². The van der Waals surface area contributed by atoms with Crippen LogP contribution in [0.2, 0.25) is 0 Å². The molecular formula is C27H34N4O2S2. The van der Waals surface area contributed by atoms with Crippen molar-refractivity contribution in [2.75, 3.05) is 26.2 Å². The molecule has 1 unspecified atom stereocenters. The Kier molecular flexibility index (Phi) is 9.09. The highest BCUT2D eigenvalue weighted by atomic mass is 32.1. The molecule has 2 atom stereocenters. The first kappa shape index (κ1) is 25.6. The van der Waals surface area contributed by atoms with Gasteiger partial charge in [0.25, 0.3) is 5.91 Å². The number of nitrogens with zero attached hydrogens (tertiary/aromatic N) is 2. The summed E-state index contributed by atoms with van der Waals surface area (Å²) in [6, 6.07) is 18.3. The van der Waals surface area contributed by atoms with Crippen LogP contribution in [-0.4, -0.2) is 59.9 Å². The molecule has 8 heteroatoms. The smallest absolute Gasteiger partial charge is 0.264 e. The van der Waals surface area contributed by atoms with Crippen LogP contribution in [0, 0.1) is 6.92 Å². The van der Waals surface area contributed by atoms with Crippen LogP contribution in [0.15, 0.2) is 60.0 Å². The lowest BCUT2D eigenvalue weighted by atomic mass is 9.94. The van der Waals surface area contributed by atoms with Crippen LogP contribution in [0.5, 0.6) is 0 Å². The van der Waals surface area contributed by atoms with Crippen molar-refractivity contribution in [2.24, 2.45) is 5.73 Å². The molecule has 1 aliphatic rings. The number of rotatable bonds is 10. The molecule has 3 heterocycles. The number of benzene rings is 1. The van der Waals surface area contributed by atoms with Crippen LogP contribution < -0.4 is 11.1 Å². The third-order valence-electron chi connectivity index (χ3n) is 6.52. The Morgan fingerprint density at radius 2 is 1.97 bits per heavy atom. The number of nitrogens with two attached hydrogens (primary N) is 1. The largest absolute Gasteiger partial charge is 0.353 e. The van der Waals surface area contributed by atoms with Gasteiger partial charge in [-0.25, -0.2) is 0 Å². The van der Waals surface area contributed by atoms with Gasteiger partial charge in [0.15, 0.2) is 0 Å². The fraction of sp³-hybridized carbons (Fsp3) is 0.407. The Balaban J connectivity index is 1.53. The minimum absolute atomic E-state index is 0.0592.